The van der Waals surface area contributed by atoms with E-state index >= 15 is 0 Å². The quantitative estimate of drug-likeness (QED) is 0.556. The Labute approximate surface area is 201 Å². The van der Waals surface area contributed by atoms with E-state index in [1.165, 1.54) is 12.1 Å². The minimum Gasteiger partial charge on any atom is -0.488 e. The predicted molar refractivity (Wildman–Crippen MR) is 122 cm³/mol. The molecule has 0 unspecified atom stereocenters. The lowest BCUT2D eigenvalue weighted by atomic mass is 9.39. The number of fused-ring (bicyclic) bond motifs is 1. The highest BCUT2D eigenvalue weighted by Gasteiger charge is 2.72. The maximum atomic E-state index is 13.5. The summed E-state index contributed by atoms with van der Waals surface area (Å²) in [5.41, 5.74) is 1.00. The molecule has 1 aliphatic heterocycles. The number of amides is 2. The molecule has 2 aromatic rings. The Balaban J connectivity index is 1.06. The fraction of sp³-hybridized carbons (Fsp3) is 0.440. The summed E-state index contributed by atoms with van der Waals surface area (Å²) in [6, 6.07) is 9.69. The number of hydrogen-bond donors (Lipinski definition) is 3. The number of carbonyl (C=O) groups is 2. The van der Waals surface area contributed by atoms with Gasteiger partial charge in [0.05, 0.1) is 23.1 Å². The third kappa shape index (κ3) is 4.20. The van der Waals surface area contributed by atoms with Crippen molar-refractivity contribution >= 4 is 23.4 Å². The van der Waals surface area contributed by atoms with Gasteiger partial charge in [0.1, 0.15) is 23.4 Å². The third-order valence-corrected chi connectivity index (χ3v) is 7.28. The van der Waals surface area contributed by atoms with Gasteiger partial charge in [-0.1, -0.05) is 23.2 Å². The lowest BCUT2D eigenvalue weighted by Crippen LogP contribution is -2.78. The van der Waals surface area contributed by atoms with Gasteiger partial charge in [0.2, 0.25) is 5.91 Å². The molecule has 4 aliphatic rings. The van der Waals surface area contributed by atoms with Crippen molar-refractivity contribution in [2.24, 2.45) is 5.41 Å². The Morgan fingerprint density at radius 1 is 1.24 bits per heavy atom. The Morgan fingerprint density at radius 2 is 2.00 bits per heavy atom. The molecule has 180 valence electrons. The molecule has 34 heavy (non-hydrogen) atoms. The smallest absolute Gasteiger partial charge is 0.258 e. The van der Waals surface area contributed by atoms with Crippen molar-refractivity contribution in [1.29, 1.82) is 0 Å². The van der Waals surface area contributed by atoms with Crippen LogP contribution in [0.15, 0.2) is 36.4 Å². The molecule has 1 heterocycles. The summed E-state index contributed by atoms with van der Waals surface area (Å²) in [7, 11) is 0. The van der Waals surface area contributed by atoms with Gasteiger partial charge < -0.3 is 25.2 Å². The standard InChI is InChI=1S/C25H26ClFN2O5/c1-14-2-5-21-17(6-14)20(30)8-16(34-21)9-28-23(32)24-11-25(12-24,13-24)29-22(31)10-33-15-3-4-18(26)19(27)7-15/h2-7,16,20,30H,8-13H2,1H3,(H,28,32)(H,29,31)/t16-,20-,24?,25?/m1/s1. The van der Waals surface area contributed by atoms with Crippen LogP contribution in [-0.4, -0.2) is 41.7 Å². The van der Waals surface area contributed by atoms with E-state index in [1.807, 2.05) is 25.1 Å². The topological polar surface area (TPSA) is 96.9 Å². The van der Waals surface area contributed by atoms with Crippen LogP contribution in [0, 0.1) is 18.2 Å². The van der Waals surface area contributed by atoms with Crippen LogP contribution in [0.4, 0.5) is 4.39 Å². The van der Waals surface area contributed by atoms with Crippen LogP contribution in [-0.2, 0) is 9.59 Å². The molecule has 3 saturated carbocycles. The van der Waals surface area contributed by atoms with Crippen molar-refractivity contribution in [3.8, 4) is 11.5 Å². The Bertz CT molecular complexity index is 1140. The number of carbonyl (C=O) groups excluding carboxylic acids is 2. The fourth-order valence-corrected chi connectivity index (χ4v) is 5.48. The number of aryl methyl sites for hydroxylation is 1. The fourth-order valence-electron chi connectivity index (χ4n) is 5.37. The van der Waals surface area contributed by atoms with Crippen molar-refractivity contribution in [3.05, 3.63) is 58.4 Å². The third-order valence-electron chi connectivity index (χ3n) is 6.97. The summed E-state index contributed by atoms with van der Waals surface area (Å²) in [5, 5.41) is 16.3. The van der Waals surface area contributed by atoms with Gasteiger partial charge in [0, 0.05) is 23.6 Å². The second-order valence-corrected chi connectivity index (χ2v) is 10.2. The molecule has 9 heteroatoms. The van der Waals surface area contributed by atoms with Gasteiger partial charge in [-0.15, -0.1) is 0 Å². The van der Waals surface area contributed by atoms with Gasteiger partial charge in [0.15, 0.2) is 6.61 Å². The molecule has 7 nitrogen and oxygen atoms in total. The van der Waals surface area contributed by atoms with Crippen LogP contribution >= 0.6 is 11.6 Å². The van der Waals surface area contributed by atoms with Crippen LogP contribution in [0.3, 0.4) is 0 Å². The Kier molecular flexibility index (Phi) is 5.68. The van der Waals surface area contributed by atoms with E-state index in [1.54, 1.807) is 0 Å². The zero-order chi connectivity index (χ0) is 24.1. The van der Waals surface area contributed by atoms with E-state index in [-0.39, 0.29) is 40.8 Å². The molecule has 2 atom stereocenters. The second-order valence-electron chi connectivity index (χ2n) is 9.75. The molecule has 0 saturated heterocycles. The van der Waals surface area contributed by atoms with Crippen molar-refractivity contribution in [2.45, 2.75) is 50.4 Å². The molecule has 0 radical (unpaired) electrons. The minimum atomic E-state index is -0.620. The Morgan fingerprint density at radius 3 is 2.74 bits per heavy atom. The van der Waals surface area contributed by atoms with Gasteiger partial charge >= 0.3 is 0 Å². The molecule has 3 N–H and O–H groups in total. The molecule has 2 amide bonds. The second kappa shape index (κ2) is 8.43. The summed E-state index contributed by atoms with van der Waals surface area (Å²) < 4.78 is 24.8. The van der Waals surface area contributed by atoms with Crippen molar-refractivity contribution in [3.63, 3.8) is 0 Å². The van der Waals surface area contributed by atoms with E-state index in [4.69, 9.17) is 21.1 Å². The molecular formula is C25H26ClFN2O5. The SMILES string of the molecule is Cc1ccc2c(c1)[C@H](O)C[C@H](CNC(=O)C13CC(NC(=O)COc4ccc(Cl)c(F)c4)(C1)C3)O2. The van der Waals surface area contributed by atoms with Crippen molar-refractivity contribution in [2.75, 3.05) is 13.2 Å². The molecule has 3 aliphatic carbocycles. The van der Waals surface area contributed by atoms with Gasteiger partial charge in [-0.05, 0) is 50.5 Å². The maximum Gasteiger partial charge on any atom is 0.258 e. The minimum absolute atomic E-state index is 0.0135. The summed E-state index contributed by atoms with van der Waals surface area (Å²) in [6.45, 7) is 2.03. The number of nitrogens with one attached hydrogen (secondary N) is 2. The molecule has 6 rings (SSSR count). The molecule has 2 bridgehead atoms. The molecule has 0 aromatic heterocycles. The average Bonchev–Trinajstić information content (AvgIpc) is 2.75. The van der Waals surface area contributed by atoms with Gasteiger partial charge in [-0.3, -0.25) is 9.59 Å². The number of aliphatic hydroxyl groups is 1. The van der Waals surface area contributed by atoms with Gasteiger partial charge in [0.25, 0.3) is 5.91 Å². The summed E-state index contributed by atoms with van der Waals surface area (Å²) >= 11 is 5.64. The van der Waals surface area contributed by atoms with Crippen LogP contribution in [0.5, 0.6) is 11.5 Å². The highest BCUT2D eigenvalue weighted by atomic mass is 35.5. The Hall–Kier alpha value is -2.84. The number of hydrogen-bond acceptors (Lipinski definition) is 5. The number of ether oxygens (including phenoxy) is 2. The number of rotatable bonds is 7. The van der Waals surface area contributed by atoms with Crippen LogP contribution in [0.1, 0.15) is 42.9 Å². The molecular weight excluding hydrogens is 463 g/mol. The number of halogens is 2. The highest BCUT2D eigenvalue weighted by Crippen LogP contribution is 2.67. The van der Waals surface area contributed by atoms with Gasteiger partial charge in [-0.2, -0.15) is 0 Å². The van der Waals surface area contributed by atoms with Crippen LogP contribution < -0.4 is 20.1 Å². The largest absolute Gasteiger partial charge is 0.488 e. The van der Waals surface area contributed by atoms with E-state index in [0.717, 1.165) is 17.2 Å². The molecule has 3 fully saturated rings. The summed E-state index contributed by atoms with van der Waals surface area (Å²) in [5.74, 6) is -0.108. The van der Waals surface area contributed by atoms with Crippen molar-refractivity contribution < 1.29 is 28.6 Å². The van der Waals surface area contributed by atoms with Crippen LogP contribution in [0.2, 0.25) is 5.02 Å². The first kappa shape index (κ1) is 22.9. The van der Waals surface area contributed by atoms with Crippen LogP contribution in [0.25, 0.3) is 0 Å². The lowest BCUT2D eigenvalue weighted by molar-refractivity contribution is -0.184. The lowest BCUT2D eigenvalue weighted by Gasteiger charge is -2.69. The van der Waals surface area contributed by atoms with E-state index in [0.29, 0.717) is 38.0 Å². The molecule has 2 aromatic carbocycles. The van der Waals surface area contributed by atoms with E-state index in [9.17, 15) is 19.1 Å². The first-order chi connectivity index (χ1) is 16.2. The van der Waals surface area contributed by atoms with Gasteiger partial charge in [-0.25, -0.2) is 4.39 Å². The first-order valence-corrected chi connectivity index (χ1v) is 11.7. The van der Waals surface area contributed by atoms with E-state index in [2.05, 4.69) is 10.6 Å². The number of aliphatic hydroxyl groups excluding tert-OH is 1. The average molecular weight is 489 g/mol. The summed E-state index contributed by atoms with van der Waals surface area (Å²) in [4.78, 5) is 25.0. The zero-order valence-corrected chi connectivity index (χ0v) is 19.5. The first-order valence-electron chi connectivity index (χ1n) is 11.3. The molecule has 0 spiro atoms. The zero-order valence-electron chi connectivity index (χ0n) is 18.7. The van der Waals surface area contributed by atoms with E-state index < -0.39 is 17.3 Å². The highest BCUT2D eigenvalue weighted by molar-refractivity contribution is 6.30. The van der Waals surface area contributed by atoms with Crippen molar-refractivity contribution in [1.82, 2.24) is 10.6 Å². The maximum absolute atomic E-state index is 13.5. The predicted octanol–water partition coefficient (Wildman–Crippen LogP) is 3.21. The normalized spacial score (nSPS) is 28.5. The number of benzene rings is 2. The summed E-state index contributed by atoms with van der Waals surface area (Å²) in [6.07, 6.45) is 1.22. The monoisotopic (exact) mass is 488 g/mol.